The molecule has 0 amide bonds. The lowest BCUT2D eigenvalue weighted by Crippen LogP contribution is -2.26. The van der Waals surface area contributed by atoms with E-state index in [1.165, 1.54) is 11.3 Å². The molecule has 0 bridgehead atoms. The molecule has 1 unspecified atom stereocenters. The van der Waals surface area contributed by atoms with E-state index in [2.05, 4.69) is 4.98 Å². The molecule has 2 aromatic heterocycles. The standard InChI is InChI=1S/C14H15NO4S/c16-14(19-8-11-3-1-2-5-18-11)12-9-20-13(15-12)10-4-6-17-7-10/h4,6-7,9,11H,1-3,5,8H2. The van der Waals surface area contributed by atoms with Crippen molar-refractivity contribution in [2.75, 3.05) is 13.2 Å². The van der Waals surface area contributed by atoms with Crippen LogP contribution in [-0.4, -0.2) is 30.3 Å². The second kappa shape index (κ2) is 6.19. The average molecular weight is 293 g/mol. The second-order valence-corrected chi connectivity index (χ2v) is 5.50. The summed E-state index contributed by atoms with van der Waals surface area (Å²) < 4.78 is 15.8. The van der Waals surface area contributed by atoms with Gasteiger partial charge in [0.1, 0.15) is 17.9 Å². The Balaban J connectivity index is 1.57. The maximum atomic E-state index is 11.9. The molecule has 1 atom stereocenters. The van der Waals surface area contributed by atoms with Gasteiger partial charge >= 0.3 is 5.97 Å². The summed E-state index contributed by atoms with van der Waals surface area (Å²) >= 11 is 1.39. The van der Waals surface area contributed by atoms with Gasteiger partial charge in [-0.3, -0.25) is 0 Å². The fraction of sp³-hybridized carbons (Fsp3) is 0.429. The molecule has 0 saturated carbocycles. The van der Waals surface area contributed by atoms with Crippen LogP contribution < -0.4 is 0 Å². The predicted molar refractivity (Wildman–Crippen MR) is 73.7 cm³/mol. The minimum atomic E-state index is -0.398. The van der Waals surface area contributed by atoms with Gasteiger partial charge in [-0.2, -0.15) is 0 Å². The summed E-state index contributed by atoms with van der Waals surface area (Å²) in [5, 5.41) is 2.45. The van der Waals surface area contributed by atoms with Crippen molar-refractivity contribution in [3.63, 3.8) is 0 Å². The van der Waals surface area contributed by atoms with Crippen molar-refractivity contribution < 1.29 is 18.7 Å². The van der Waals surface area contributed by atoms with Gasteiger partial charge in [0.05, 0.1) is 12.4 Å². The number of rotatable bonds is 4. The minimum absolute atomic E-state index is 0.0275. The number of ether oxygens (including phenoxy) is 2. The summed E-state index contributed by atoms with van der Waals surface area (Å²) in [6.07, 6.45) is 6.37. The third-order valence-corrected chi connectivity index (χ3v) is 4.05. The van der Waals surface area contributed by atoms with E-state index in [1.807, 2.05) is 6.07 Å². The predicted octanol–water partition coefficient (Wildman–Crippen LogP) is 3.13. The van der Waals surface area contributed by atoms with Gasteiger partial charge in [0, 0.05) is 17.6 Å². The highest BCUT2D eigenvalue weighted by Crippen LogP contribution is 2.24. The number of thiazole rings is 1. The molecule has 3 rings (SSSR count). The molecule has 0 radical (unpaired) electrons. The number of hydrogen-bond donors (Lipinski definition) is 0. The van der Waals surface area contributed by atoms with Crippen molar-refractivity contribution >= 4 is 17.3 Å². The average Bonchev–Trinajstić information content (AvgIpc) is 3.16. The van der Waals surface area contributed by atoms with E-state index >= 15 is 0 Å². The van der Waals surface area contributed by atoms with E-state index < -0.39 is 5.97 Å². The van der Waals surface area contributed by atoms with Gasteiger partial charge in [-0.15, -0.1) is 11.3 Å². The smallest absolute Gasteiger partial charge is 0.357 e. The van der Waals surface area contributed by atoms with Crippen LogP contribution in [0, 0.1) is 0 Å². The van der Waals surface area contributed by atoms with E-state index in [9.17, 15) is 4.79 Å². The summed E-state index contributed by atoms with van der Waals surface area (Å²) in [6.45, 7) is 1.06. The van der Waals surface area contributed by atoms with Crippen molar-refractivity contribution in [2.24, 2.45) is 0 Å². The molecule has 106 valence electrons. The molecule has 1 saturated heterocycles. The zero-order chi connectivity index (χ0) is 13.8. The van der Waals surface area contributed by atoms with Gasteiger partial charge in [0.25, 0.3) is 0 Å². The van der Waals surface area contributed by atoms with Crippen LogP contribution in [0.3, 0.4) is 0 Å². The van der Waals surface area contributed by atoms with Crippen LogP contribution in [0.1, 0.15) is 29.8 Å². The van der Waals surface area contributed by atoms with E-state index in [0.717, 1.165) is 36.4 Å². The Bertz CT molecular complexity index is 558. The minimum Gasteiger partial charge on any atom is -0.472 e. The largest absolute Gasteiger partial charge is 0.472 e. The maximum Gasteiger partial charge on any atom is 0.357 e. The summed E-state index contributed by atoms with van der Waals surface area (Å²) in [7, 11) is 0. The molecule has 0 aliphatic carbocycles. The molecule has 20 heavy (non-hydrogen) atoms. The second-order valence-electron chi connectivity index (χ2n) is 4.64. The zero-order valence-corrected chi connectivity index (χ0v) is 11.7. The fourth-order valence-corrected chi connectivity index (χ4v) is 2.84. The van der Waals surface area contributed by atoms with Crippen LogP contribution in [0.15, 0.2) is 28.4 Å². The molecule has 3 heterocycles. The highest BCUT2D eigenvalue weighted by Gasteiger charge is 2.18. The van der Waals surface area contributed by atoms with Crippen LogP contribution in [0.2, 0.25) is 0 Å². The third kappa shape index (κ3) is 3.08. The Hall–Kier alpha value is -1.66. The Morgan fingerprint density at radius 2 is 2.45 bits per heavy atom. The molecule has 2 aromatic rings. The third-order valence-electron chi connectivity index (χ3n) is 3.16. The lowest BCUT2D eigenvalue weighted by atomic mass is 10.1. The van der Waals surface area contributed by atoms with Gasteiger partial charge in [-0.05, 0) is 25.3 Å². The van der Waals surface area contributed by atoms with Gasteiger partial charge in [-0.25, -0.2) is 9.78 Å². The van der Waals surface area contributed by atoms with E-state index in [1.54, 1.807) is 17.9 Å². The molecule has 6 heteroatoms. The number of nitrogens with zero attached hydrogens (tertiary/aromatic N) is 1. The van der Waals surface area contributed by atoms with Crippen LogP contribution in [0.4, 0.5) is 0 Å². The lowest BCUT2D eigenvalue weighted by molar-refractivity contribution is -0.0302. The monoisotopic (exact) mass is 293 g/mol. The van der Waals surface area contributed by atoms with Crippen LogP contribution >= 0.6 is 11.3 Å². The lowest BCUT2D eigenvalue weighted by Gasteiger charge is -2.21. The van der Waals surface area contributed by atoms with Crippen molar-refractivity contribution in [1.82, 2.24) is 4.98 Å². The highest BCUT2D eigenvalue weighted by molar-refractivity contribution is 7.13. The normalized spacial score (nSPS) is 18.9. The van der Waals surface area contributed by atoms with E-state index in [0.29, 0.717) is 12.3 Å². The van der Waals surface area contributed by atoms with Crippen LogP contribution in [0.5, 0.6) is 0 Å². The Kier molecular flexibility index (Phi) is 4.13. The molecule has 0 N–H and O–H groups in total. The molecule has 1 aliphatic rings. The molecule has 0 spiro atoms. The Morgan fingerprint density at radius 1 is 1.50 bits per heavy atom. The topological polar surface area (TPSA) is 61.6 Å². The van der Waals surface area contributed by atoms with Crippen LogP contribution in [0.25, 0.3) is 10.6 Å². The molecule has 1 fully saturated rings. The SMILES string of the molecule is O=C(OCC1CCCCO1)c1csc(-c2ccoc2)n1. The first-order valence-corrected chi connectivity index (χ1v) is 7.48. The highest BCUT2D eigenvalue weighted by atomic mass is 32.1. The van der Waals surface area contributed by atoms with Gasteiger partial charge in [-0.1, -0.05) is 0 Å². The number of aromatic nitrogens is 1. The van der Waals surface area contributed by atoms with Crippen molar-refractivity contribution in [3.8, 4) is 10.6 Å². The van der Waals surface area contributed by atoms with Gasteiger partial charge < -0.3 is 13.9 Å². The summed E-state index contributed by atoms with van der Waals surface area (Å²) in [5.41, 5.74) is 1.20. The molecule has 0 aromatic carbocycles. The first-order chi connectivity index (χ1) is 9.83. The first-order valence-electron chi connectivity index (χ1n) is 6.60. The van der Waals surface area contributed by atoms with Gasteiger partial charge in [0.15, 0.2) is 5.69 Å². The first kappa shape index (κ1) is 13.3. The number of esters is 1. The number of carbonyl (C=O) groups is 1. The molecular weight excluding hydrogens is 278 g/mol. The summed E-state index contributed by atoms with van der Waals surface area (Å²) in [5.74, 6) is -0.398. The van der Waals surface area contributed by atoms with E-state index in [4.69, 9.17) is 13.9 Å². The fourth-order valence-electron chi connectivity index (χ4n) is 2.07. The summed E-state index contributed by atoms with van der Waals surface area (Å²) in [4.78, 5) is 16.2. The molecule has 1 aliphatic heterocycles. The number of hydrogen-bond acceptors (Lipinski definition) is 6. The summed E-state index contributed by atoms with van der Waals surface area (Å²) in [6, 6.07) is 1.81. The number of furan rings is 1. The molecular formula is C14H15NO4S. The van der Waals surface area contributed by atoms with Gasteiger partial charge in [0.2, 0.25) is 0 Å². The van der Waals surface area contributed by atoms with Crippen LogP contribution in [-0.2, 0) is 9.47 Å². The van der Waals surface area contributed by atoms with Crippen molar-refractivity contribution in [3.05, 3.63) is 29.7 Å². The van der Waals surface area contributed by atoms with Crippen molar-refractivity contribution in [1.29, 1.82) is 0 Å². The van der Waals surface area contributed by atoms with E-state index in [-0.39, 0.29) is 6.10 Å². The molecule has 5 nitrogen and oxygen atoms in total. The quantitative estimate of drug-likeness (QED) is 0.810. The Labute approximate surface area is 120 Å². The zero-order valence-electron chi connectivity index (χ0n) is 10.9. The Morgan fingerprint density at radius 3 is 3.20 bits per heavy atom. The maximum absolute atomic E-state index is 11.9. The van der Waals surface area contributed by atoms with Crippen molar-refractivity contribution in [2.45, 2.75) is 25.4 Å². The number of carbonyl (C=O) groups excluding carboxylic acids is 1.